The number of likely N-dealkylation sites (tertiary alicyclic amines) is 1. The molecule has 0 bridgehead atoms. The quantitative estimate of drug-likeness (QED) is 0.631. The van der Waals surface area contributed by atoms with E-state index in [0.29, 0.717) is 16.5 Å². The second-order valence-corrected chi connectivity index (χ2v) is 9.00. The topological polar surface area (TPSA) is 107 Å². The van der Waals surface area contributed by atoms with Crippen molar-refractivity contribution in [3.05, 3.63) is 47.7 Å². The Morgan fingerprint density at radius 3 is 2.59 bits per heavy atom. The zero-order valence-electron chi connectivity index (χ0n) is 14.2. The van der Waals surface area contributed by atoms with Crippen molar-refractivity contribution < 1.29 is 17.9 Å². The summed E-state index contributed by atoms with van der Waals surface area (Å²) in [5.74, 6) is 0.355. The van der Waals surface area contributed by atoms with Gasteiger partial charge in [-0.05, 0) is 24.3 Å². The van der Waals surface area contributed by atoms with E-state index in [9.17, 15) is 13.2 Å². The number of hydrogen-bond donors (Lipinski definition) is 0. The van der Waals surface area contributed by atoms with Gasteiger partial charge in [-0.25, -0.2) is 13.4 Å². The number of benzene rings is 1. The first kappa shape index (κ1) is 17.6. The van der Waals surface area contributed by atoms with Crippen molar-refractivity contribution in [2.24, 2.45) is 7.05 Å². The highest BCUT2D eigenvalue weighted by atomic mass is 32.2. The number of nitrogens with zero attached hydrogens (tertiary/aromatic N) is 5. The fourth-order valence-electron chi connectivity index (χ4n) is 2.69. The van der Waals surface area contributed by atoms with Gasteiger partial charge in [-0.3, -0.25) is 4.79 Å². The molecule has 11 heteroatoms. The largest absolute Gasteiger partial charge is 0.431 e. The van der Waals surface area contributed by atoms with Gasteiger partial charge >= 0.3 is 0 Å². The van der Waals surface area contributed by atoms with Crippen LogP contribution in [0.25, 0.3) is 0 Å². The van der Waals surface area contributed by atoms with Gasteiger partial charge in [0.15, 0.2) is 0 Å². The Bertz CT molecular complexity index is 1050. The van der Waals surface area contributed by atoms with E-state index in [1.165, 1.54) is 27.1 Å². The van der Waals surface area contributed by atoms with Gasteiger partial charge < -0.3 is 14.2 Å². The monoisotopic (exact) mass is 405 g/mol. The molecule has 1 fully saturated rings. The Hall–Kier alpha value is -2.79. The Morgan fingerprint density at radius 1 is 1.26 bits per heavy atom. The van der Waals surface area contributed by atoms with E-state index in [1.807, 2.05) is 5.38 Å². The molecule has 0 N–H and O–H groups in total. The SMILES string of the molecule is Cn1cnnc1S(=O)(=O)C1CN(C(=O)c2ccc(Oc3nccs3)cc2)C1. The number of aromatic nitrogens is 4. The summed E-state index contributed by atoms with van der Waals surface area (Å²) in [6.07, 6.45) is 2.98. The molecule has 3 aromatic rings. The molecule has 1 aliphatic heterocycles. The second kappa shape index (κ2) is 6.74. The van der Waals surface area contributed by atoms with Crippen LogP contribution in [-0.2, 0) is 16.9 Å². The van der Waals surface area contributed by atoms with Gasteiger partial charge in [0.2, 0.25) is 15.0 Å². The van der Waals surface area contributed by atoms with Gasteiger partial charge in [0.25, 0.3) is 11.1 Å². The fourth-order valence-corrected chi connectivity index (χ4v) is 4.85. The van der Waals surface area contributed by atoms with Crippen molar-refractivity contribution in [1.82, 2.24) is 24.6 Å². The molecule has 27 heavy (non-hydrogen) atoms. The summed E-state index contributed by atoms with van der Waals surface area (Å²) in [4.78, 5) is 18.1. The van der Waals surface area contributed by atoms with Crippen LogP contribution in [0.3, 0.4) is 0 Å². The zero-order chi connectivity index (χ0) is 19.0. The minimum Gasteiger partial charge on any atom is -0.431 e. The van der Waals surface area contributed by atoms with Gasteiger partial charge in [-0.15, -0.1) is 10.2 Å². The Balaban J connectivity index is 1.39. The molecular weight excluding hydrogens is 390 g/mol. The Kier molecular flexibility index (Phi) is 4.40. The third-order valence-electron chi connectivity index (χ3n) is 4.21. The molecular formula is C16H15N5O4S2. The van der Waals surface area contributed by atoms with Crippen molar-refractivity contribution in [3.8, 4) is 10.9 Å². The molecule has 1 aliphatic rings. The lowest BCUT2D eigenvalue weighted by Gasteiger charge is -2.38. The third kappa shape index (κ3) is 3.30. The Labute approximate surface area is 159 Å². The zero-order valence-corrected chi connectivity index (χ0v) is 15.9. The van der Waals surface area contributed by atoms with Crippen LogP contribution in [0.1, 0.15) is 10.4 Å². The summed E-state index contributed by atoms with van der Waals surface area (Å²) in [7, 11) is -2.03. The van der Waals surface area contributed by atoms with Crippen LogP contribution >= 0.6 is 11.3 Å². The van der Waals surface area contributed by atoms with E-state index < -0.39 is 15.1 Å². The highest BCUT2D eigenvalue weighted by Gasteiger charge is 2.42. The Morgan fingerprint density at radius 2 is 2.00 bits per heavy atom. The maximum absolute atomic E-state index is 12.5. The smallest absolute Gasteiger partial charge is 0.278 e. The average molecular weight is 405 g/mol. The van der Waals surface area contributed by atoms with Crippen LogP contribution in [0.4, 0.5) is 0 Å². The second-order valence-electron chi connectivity index (χ2n) is 6.03. The molecule has 4 rings (SSSR count). The molecule has 2 aromatic heterocycles. The third-order valence-corrected chi connectivity index (χ3v) is 6.92. The molecule has 1 amide bonds. The van der Waals surface area contributed by atoms with Gasteiger partial charge in [0.1, 0.15) is 17.3 Å². The predicted octanol–water partition coefficient (Wildman–Crippen LogP) is 1.36. The first-order chi connectivity index (χ1) is 12.9. The van der Waals surface area contributed by atoms with Crippen LogP contribution in [0.2, 0.25) is 0 Å². The average Bonchev–Trinajstić information content (AvgIpc) is 3.25. The molecule has 0 saturated carbocycles. The maximum atomic E-state index is 12.5. The molecule has 0 unspecified atom stereocenters. The molecule has 3 heterocycles. The molecule has 1 aromatic carbocycles. The summed E-state index contributed by atoms with van der Waals surface area (Å²) in [5.41, 5.74) is 0.469. The van der Waals surface area contributed by atoms with Crippen LogP contribution < -0.4 is 4.74 Å². The van der Waals surface area contributed by atoms with Crippen molar-refractivity contribution in [1.29, 1.82) is 0 Å². The van der Waals surface area contributed by atoms with Gasteiger partial charge in [-0.2, -0.15) is 0 Å². The van der Waals surface area contributed by atoms with Crippen LogP contribution in [0.5, 0.6) is 10.9 Å². The van der Waals surface area contributed by atoms with E-state index >= 15 is 0 Å². The number of amides is 1. The number of ether oxygens (including phenoxy) is 1. The summed E-state index contributed by atoms with van der Waals surface area (Å²) in [6, 6.07) is 6.66. The van der Waals surface area contributed by atoms with Crippen molar-refractivity contribution in [2.75, 3.05) is 13.1 Å². The van der Waals surface area contributed by atoms with E-state index in [1.54, 1.807) is 37.5 Å². The van der Waals surface area contributed by atoms with Crippen molar-refractivity contribution in [2.45, 2.75) is 10.4 Å². The number of carbonyl (C=O) groups is 1. The normalized spacial score (nSPS) is 14.8. The van der Waals surface area contributed by atoms with Crippen molar-refractivity contribution >= 4 is 27.1 Å². The summed E-state index contributed by atoms with van der Waals surface area (Å²) < 4.78 is 31.9. The number of rotatable bonds is 5. The lowest BCUT2D eigenvalue weighted by Crippen LogP contribution is -2.57. The number of aryl methyl sites for hydroxylation is 1. The van der Waals surface area contributed by atoms with E-state index in [0.717, 1.165) is 0 Å². The lowest BCUT2D eigenvalue weighted by molar-refractivity contribution is 0.0658. The molecule has 0 aliphatic carbocycles. The summed E-state index contributed by atoms with van der Waals surface area (Å²) in [5, 5.41) is 8.85. The van der Waals surface area contributed by atoms with Crippen LogP contribution in [-0.4, -0.2) is 57.3 Å². The fraction of sp³-hybridized carbons (Fsp3) is 0.250. The minimum atomic E-state index is -3.60. The molecule has 0 atom stereocenters. The first-order valence-electron chi connectivity index (χ1n) is 8.00. The van der Waals surface area contributed by atoms with Crippen LogP contribution in [0, 0.1) is 0 Å². The number of carbonyl (C=O) groups excluding carboxylic acids is 1. The van der Waals surface area contributed by atoms with Crippen molar-refractivity contribution in [3.63, 3.8) is 0 Å². The molecule has 1 saturated heterocycles. The lowest BCUT2D eigenvalue weighted by atomic mass is 10.1. The van der Waals surface area contributed by atoms with Gasteiger partial charge in [0.05, 0.1) is 0 Å². The summed E-state index contributed by atoms with van der Waals surface area (Å²) >= 11 is 1.37. The van der Waals surface area contributed by atoms with E-state index in [4.69, 9.17) is 4.74 Å². The summed E-state index contributed by atoms with van der Waals surface area (Å²) in [6.45, 7) is 0.261. The number of sulfone groups is 1. The number of hydrogen-bond acceptors (Lipinski definition) is 8. The standard InChI is InChI=1S/C16H15N5O4S2/c1-20-10-18-19-15(20)27(23,24)13-8-21(9-13)14(22)11-2-4-12(5-3-11)25-16-17-6-7-26-16/h2-7,10,13H,8-9H2,1H3. The molecule has 140 valence electrons. The van der Waals surface area contributed by atoms with Gasteiger partial charge in [-0.1, -0.05) is 11.3 Å². The highest BCUT2D eigenvalue weighted by Crippen LogP contribution is 2.26. The van der Waals surface area contributed by atoms with E-state index in [2.05, 4.69) is 15.2 Å². The highest BCUT2D eigenvalue weighted by molar-refractivity contribution is 7.92. The first-order valence-corrected chi connectivity index (χ1v) is 10.4. The van der Waals surface area contributed by atoms with Crippen LogP contribution in [0.15, 0.2) is 47.3 Å². The minimum absolute atomic E-state index is 0.0803. The predicted molar refractivity (Wildman–Crippen MR) is 96.5 cm³/mol. The molecule has 9 nitrogen and oxygen atoms in total. The molecule has 0 radical (unpaired) electrons. The molecule has 0 spiro atoms. The number of thiazole rings is 1. The van der Waals surface area contributed by atoms with Gasteiger partial charge in [0, 0.05) is 37.3 Å². The van der Waals surface area contributed by atoms with E-state index in [-0.39, 0.29) is 24.2 Å². The maximum Gasteiger partial charge on any atom is 0.278 e.